The van der Waals surface area contributed by atoms with Crippen LogP contribution in [0.4, 0.5) is 10.9 Å². The van der Waals surface area contributed by atoms with Crippen LogP contribution in [0, 0.1) is 32.1 Å². The average molecular weight is 495 g/mol. The molecule has 3 aromatic rings. The highest BCUT2D eigenvalue weighted by atomic mass is 35.5. The second-order valence-electron chi connectivity index (χ2n) is 6.76. The maximum Gasteiger partial charge on any atom is 0.267 e. The highest BCUT2D eigenvalue weighted by molar-refractivity contribution is 7.93. The first-order chi connectivity index (χ1) is 15.2. The number of nitrogens with one attached hydrogen (secondary N) is 2. The van der Waals surface area contributed by atoms with Gasteiger partial charge in [0.05, 0.1) is 5.56 Å². The van der Waals surface area contributed by atoms with Crippen LogP contribution in [0.1, 0.15) is 32.7 Å². The van der Waals surface area contributed by atoms with Crippen LogP contribution < -0.4 is 19.5 Å². The van der Waals surface area contributed by atoms with Gasteiger partial charge < -0.3 is 19.3 Å². The summed E-state index contributed by atoms with van der Waals surface area (Å²) in [6.45, 7) is 4.80. The number of hydrogen-bond acceptors (Lipinski definition) is 9. The molecule has 0 bridgehead atoms. The monoisotopic (exact) mass is 494 g/mol. The van der Waals surface area contributed by atoms with Gasteiger partial charge in [-0.1, -0.05) is 16.8 Å². The van der Waals surface area contributed by atoms with Gasteiger partial charge in [0, 0.05) is 0 Å². The molecule has 0 aliphatic carbocycles. The van der Waals surface area contributed by atoms with Gasteiger partial charge in [0.25, 0.3) is 21.8 Å². The van der Waals surface area contributed by atoms with Crippen molar-refractivity contribution < 1.29 is 27.2 Å². The van der Waals surface area contributed by atoms with Crippen LogP contribution in [0.5, 0.6) is 11.5 Å². The number of benzene rings is 1. The van der Waals surface area contributed by atoms with E-state index in [0.717, 1.165) is 11.3 Å². The summed E-state index contributed by atoms with van der Waals surface area (Å²) >= 11 is 7.01. The minimum absolute atomic E-state index is 0.0331. The number of thiophene rings is 1. The predicted molar refractivity (Wildman–Crippen MR) is 116 cm³/mol. The van der Waals surface area contributed by atoms with Crippen LogP contribution in [-0.4, -0.2) is 26.3 Å². The largest absolute Gasteiger partial charge is 0.453 e. The Hall–Kier alpha value is -3.27. The van der Waals surface area contributed by atoms with E-state index in [1.54, 1.807) is 20.8 Å². The molecule has 0 fully saturated rings. The van der Waals surface area contributed by atoms with Crippen molar-refractivity contribution in [3.8, 4) is 17.6 Å². The summed E-state index contributed by atoms with van der Waals surface area (Å²) in [5.74, 6) is -0.499. The number of nitrogens with zero attached hydrogens (tertiary/aromatic N) is 2. The first-order valence-electron chi connectivity index (χ1n) is 9.02. The molecule has 1 aromatic carbocycles. The van der Waals surface area contributed by atoms with Crippen molar-refractivity contribution in [2.24, 2.45) is 0 Å². The zero-order valence-corrected chi connectivity index (χ0v) is 19.3. The molecule has 0 spiro atoms. The number of rotatable bonds is 5. The van der Waals surface area contributed by atoms with Gasteiger partial charge >= 0.3 is 0 Å². The molecule has 0 atom stereocenters. The number of halogens is 1. The third-order valence-electron chi connectivity index (χ3n) is 4.88. The molecular formula is C19H15ClN4O6S2. The number of aryl methyl sites for hydroxylation is 1. The van der Waals surface area contributed by atoms with Crippen LogP contribution in [0.3, 0.4) is 0 Å². The zero-order chi connectivity index (χ0) is 23.2. The van der Waals surface area contributed by atoms with E-state index in [2.05, 4.69) is 21.3 Å². The van der Waals surface area contributed by atoms with Crippen molar-refractivity contribution in [1.82, 2.24) is 5.16 Å². The molecule has 166 valence electrons. The highest BCUT2D eigenvalue weighted by Crippen LogP contribution is 2.43. The summed E-state index contributed by atoms with van der Waals surface area (Å²) < 4.78 is 43.7. The molecule has 1 aliphatic rings. The van der Waals surface area contributed by atoms with E-state index in [-0.39, 0.29) is 50.2 Å². The van der Waals surface area contributed by atoms with Gasteiger partial charge in [-0.2, -0.15) is 5.26 Å². The summed E-state index contributed by atoms with van der Waals surface area (Å²) in [5, 5.41) is 17.3. The molecule has 32 heavy (non-hydrogen) atoms. The van der Waals surface area contributed by atoms with Gasteiger partial charge in [-0.05, 0) is 43.3 Å². The lowest BCUT2D eigenvalue weighted by atomic mass is 9.96. The summed E-state index contributed by atoms with van der Waals surface area (Å²) in [5.41, 5.74) is 1.86. The molecule has 0 unspecified atom stereocenters. The van der Waals surface area contributed by atoms with Gasteiger partial charge in [-0.25, -0.2) is 13.1 Å². The minimum atomic E-state index is -4.15. The number of ether oxygens (including phenoxy) is 2. The number of sulfonamides is 1. The number of nitriles is 1. The van der Waals surface area contributed by atoms with Crippen LogP contribution in [0.2, 0.25) is 5.02 Å². The van der Waals surface area contributed by atoms with E-state index in [9.17, 15) is 18.5 Å². The molecule has 10 nitrogen and oxygen atoms in total. The Morgan fingerprint density at radius 2 is 1.97 bits per heavy atom. The van der Waals surface area contributed by atoms with E-state index < -0.39 is 15.9 Å². The Kier molecular flexibility index (Phi) is 5.49. The summed E-state index contributed by atoms with van der Waals surface area (Å²) in [4.78, 5) is 13.0. The van der Waals surface area contributed by atoms with Gasteiger partial charge in [-0.3, -0.25) is 4.79 Å². The number of carbonyl (C=O) groups is 1. The Labute approximate surface area is 191 Å². The second-order valence-corrected chi connectivity index (χ2v) is 9.71. The topological polar surface area (TPSA) is 144 Å². The lowest BCUT2D eigenvalue weighted by molar-refractivity contribution is 0.102. The smallest absolute Gasteiger partial charge is 0.267 e. The summed E-state index contributed by atoms with van der Waals surface area (Å²) in [6, 6.07) is 3.39. The van der Waals surface area contributed by atoms with Gasteiger partial charge in [0.15, 0.2) is 11.5 Å². The minimum Gasteiger partial charge on any atom is -0.453 e. The van der Waals surface area contributed by atoms with Gasteiger partial charge in [0.1, 0.15) is 32.2 Å². The fraction of sp³-hybridized carbons (Fsp3) is 0.211. The summed E-state index contributed by atoms with van der Waals surface area (Å²) in [7, 11) is -4.15. The molecule has 0 saturated heterocycles. The Morgan fingerprint density at radius 1 is 1.25 bits per heavy atom. The fourth-order valence-electron chi connectivity index (χ4n) is 3.14. The lowest BCUT2D eigenvalue weighted by Gasteiger charge is -2.14. The van der Waals surface area contributed by atoms with E-state index in [4.69, 9.17) is 25.6 Å². The van der Waals surface area contributed by atoms with Crippen molar-refractivity contribution in [3.63, 3.8) is 0 Å². The van der Waals surface area contributed by atoms with Gasteiger partial charge in [0.2, 0.25) is 6.79 Å². The predicted octanol–water partition coefficient (Wildman–Crippen LogP) is 3.97. The first kappa shape index (κ1) is 21.9. The molecule has 3 heterocycles. The number of fused-ring (bicyclic) bond motifs is 1. The third-order valence-corrected chi connectivity index (χ3v) is 7.66. The third kappa shape index (κ3) is 3.54. The van der Waals surface area contributed by atoms with E-state index in [1.807, 2.05) is 0 Å². The van der Waals surface area contributed by atoms with Crippen molar-refractivity contribution >= 4 is 49.8 Å². The molecule has 4 rings (SSSR count). The van der Waals surface area contributed by atoms with E-state index in [0.29, 0.717) is 16.8 Å². The summed E-state index contributed by atoms with van der Waals surface area (Å²) in [6.07, 6.45) is 0. The second kappa shape index (κ2) is 8.01. The van der Waals surface area contributed by atoms with Crippen molar-refractivity contribution in [1.29, 1.82) is 5.26 Å². The molecular weight excluding hydrogens is 480 g/mol. The fourth-order valence-corrected chi connectivity index (χ4v) is 5.58. The van der Waals surface area contributed by atoms with Crippen molar-refractivity contribution in [2.45, 2.75) is 25.7 Å². The maximum atomic E-state index is 13.2. The number of hydrogen-bond donors (Lipinski definition) is 2. The van der Waals surface area contributed by atoms with Crippen molar-refractivity contribution in [2.75, 3.05) is 16.8 Å². The number of amides is 1. The molecule has 1 aliphatic heterocycles. The van der Waals surface area contributed by atoms with Crippen LogP contribution in [-0.2, 0) is 10.0 Å². The van der Waals surface area contributed by atoms with E-state index in [1.165, 1.54) is 11.4 Å². The zero-order valence-electron chi connectivity index (χ0n) is 16.9. The molecule has 2 aromatic heterocycles. The molecule has 1 amide bonds. The van der Waals surface area contributed by atoms with Gasteiger partial charge in [-0.15, -0.1) is 11.3 Å². The molecule has 2 N–H and O–H groups in total. The normalized spacial score (nSPS) is 12.5. The highest BCUT2D eigenvalue weighted by Gasteiger charge is 2.31. The molecule has 13 heteroatoms. The van der Waals surface area contributed by atoms with Crippen molar-refractivity contribution in [3.05, 3.63) is 44.4 Å². The Balaban J connectivity index is 1.68. The molecule has 0 saturated carbocycles. The lowest BCUT2D eigenvalue weighted by Crippen LogP contribution is -2.18. The number of carbonyl (C=O) groups excluding carboxylic acids is 1. The van der Waals surface area contributed by atoms with Crippen LogP contribution in [0.25, 0.3) is 0 Å². The Bertz CT molecular complexity index is 1400. The SMILES string of the molecule is Cc1noc(NS(=O)(=O)c2ccsc2NC(=O)c2c(C)c(C)c(C#N)c3c2OCO3)c1Cl. The molecule has 0 radical (unpaired) electrons. The quantitative estimate of drug-likeness (QED) is 0.542. The first-order valence-corrected chi connectivity index (χ1v) is 11.8. The van der Waals surface area contributed by atoms with Crippen LogP contribution in [0.15, 0.2) is 20.9 Å². The average Bonchev–Trinajstić information content (AvgIpc) is 3.47. The Morgan fingerprint density at radius 3 is 2.62 bits per heavy atom. The maximum absolute atomic E-state index is 13.2. The number of anilines is 2. The standard InChI is InChI=1S/C19H15ClN4O6S2/c1-8-9(2)13(16-15(11(8)6-21)28-7-29-16)17(25)22-19-12(4-5-31-19)32(26,27)24-18-14(20)10(3)23-30-18/h4-5,24H,7H2,1-3H3,(H,22,25). The number of aromatic nitrogens is 1. The van der Waals surface area contributed by atoms with Crippen LogP contribution >= 0.6 is 22.9 Å². The van der Waals surface area contributed by atoms with E-state index >= 15 is 0 Å².